The van der Waals surface area contributed by atoms with Crippen molar-refractivity contribution in [3.05, 3.63) is 48.0 Å². The van der Waals surface area contributed by atoms with Crippen molar-refractivity contribution < 1.29 is 5.11 Å². The average Bonchev–Trinajstić information content (AvgIpc) is 2.61. The minimum absolute atomic E-state index is 0.165. The Morgan fingerprint density at radius 2 is 2.00 bits per heavy atom. The number of piperidine rings is 1. The van der Waals surface area contributed by atoms with E-state index in [1.165, 1.54) is 0 Å². The first-order valence-electron chi connectivity index (χ1n) is 8.69. The van der Waals surface area contributed by atoms with Crippen molar-refractivity contribution in [2.24, 2.45) is 5.73 Å². The van der Waals surface area contributed by atoms with Gasteiger partial charge in [-0.25, -0.2) is 9.97 Å². The van der Waals surface area contributed by atoms with Crippen molar-refractivity contribution in [1.82, 2.24) is 9.97 Å². The zero-order chi connectivity index (χ0) is 17.4. The molecule has 2 aromatic carbocycles. The number of hydrogen-bond acceptors (Lipinski definition) is 5. The van der Waals surface area contributed by atoms with Gasteiger partial charge in [0, 0.05) is 24.5 Å². The second-order valence-electron chi connectivity index (χ2n) is 6.76. The predicted octanol–water partition coefficient (Wildman–Crippen LogP) is 3.24. The summed E-state index contributed by atoms with van der Waals surface area (Å²) in [6, 6.07) is 13.6. The zero-order valence-electron chi connectivity index (χ0n) is 14.3. The van der Waals surface area contributed by atoms with E-state index in [4.69, 9.17) is 15.7 Å². The number of aromatic hydroxyl groups is 1. The first-order valence-corrected chi connectivity index (χ1v) is 8.69. The van der Waals surface area contributed by atoms with Crippen molar-refractivity contribution >= 4 is 16.7 Å². The number of aryl methyl sites for hydroxylation is 1. The lowest BCUT2D eigenvalue weighted by atomic mass is 10.1. The number of anilines is 1. The summed E-state index contributed by atoms with van der Waals surface area (Å²) < 4.78 is 0. The Hall–Kier alpha value is -2.66. The van der Waals surface area contributed by atoms with Crippen LogP contribution in [-0.4, -0.2) is 34.2 Å². The Labute approximate surface area is 147 Å². The van der Waals surface area contributed by atoms with Crippen LogP contribution in [0.2, 0.25) is 0 Å². The van der Waals surface area contributed by atoms with Gasteiger partial charge in [0.25, 0.3) is 0 Å². The Kier molecular flexibility index (Phi) is 4.01. The maximum atomic E-state index is 10.2. The molecule has 1 unspecified atom stereocenters. The van der Waals surface area contributed by atoms with Gasteiger partial charge in [0.2, 0.25) is 0 Å². The molecule has 0 saturated carbocycles. The van der Waals surface area contributed by atoms with Crippen molar-refractivity contribution in [3.63, 3.8) is 0 Å². The topological polar surface area (TPSA) is 75.3 Å². The van der Waals surface area contributed by atoms with Gasteiger partial charge in [-0.1, -0.05) is 18.2 Å². The van der Waals surface area contributed by atoms with Crippen LogP contribution in [0.1, 0.15) is 18.4 Å². The van der Waals surface area contributed by atoms with Crippen LogP contribution in [-0.2, 0) is 0 Å². The smallest absolute Gasteiger partial charge is 0.165 e. The standard InChI is InChI=1S/C20H22N4O/c1-13-8-9-15-17(11-13)22-19(16-6-2-3-7-18(16)25)23-20(15)24-10-4-5-14(21)12-24/h2-3,6-9,11,14,25H,4-5,10,12,21H2,1H3. The van der Waals surface area contributed by atoms with E-state index in [1.807, 2.05) is 12.1 Å². The number of hydrogen-bond donors (Lipinski definition) is 2. The number of aromatic nitrogens is 2. The molecule has 1 aliphatic rings. The van der Waals surface area contributed by atoms with Gasteiger partial charge >= 0.3 is 0 Å². The number of para-hydroxylation sites is 1. The van der Waals surface area contributed by atoms with E-state index in [0.717, 1.165) is 48.2 Å². The van der Waals surface area contributed by atoms with Crippen molar-refractivity contribution in [2.75, 3.05) is 18.0 Å². The average molecular weight is 334 g/mol. The van der Waals surface area contributed by atoms with Crippen molar-refractivity contribution in [2.45, 2.75) is 25.8 Å². The van der Waals surface area contributed by atoms with Gasteiger partial charge in [-0.2, -0.15) is 0 Å². The summed E-state index contributed by atoms with van der Waals surface area (Å²) in [4.78, 5) is 11.8. The lowest BCUT2D eigenvalue weighted by Crippen LogP contribution is -2.43. The number of rotatable bonds is 2. The number of fused-ring (bicyclic) bond motifs is 1. The van der Waals surface area contributed by atoms with Gasteiger partial charge in [0.05, 0.1) is 11.1 Å². The van der Waals surface area contributed by atoms with Gasteiger partial charge in [0.15, 0.2) is 5.82 Å². The van der Waals surface area contributed by atoms with E-state index in [0.29, 0.717) is 11.4 Å². The van der Waals surface area contributed by atoms with Crippen LogP contribution in [0.4, 0.5) is 5.82 Å². The first-order chi connectivity index (χ1) is 12.1. The highest BCUT2D eigenvalue weighted by atomic mass is 16.3. The summed E-state index contributed by atoms with van der Waals surface area (Å²) in [7, 11) is 0. The van der Waals surface area contributed by atoms with Crippen LogP contribution in [0.3, 0.4) is 0 Å². The molecular weight excluding hydrogens is 312 g/mol. The minimum Gasteiger partial charge on any atom is -0.507 e. The monoisotopic (exact) mass is 334 g/mol. The fourth-order valence-corrected chi connectivity index (χ4v) is 3.45. The summed E-state index contributed by atoms with van der Waals surface area (Å²) >= 11 is 0. The minimum atomic E-state index is 0.165. The van der Waals surface area contributed by atoms with E-state index < -0.39 is 0 Å². The molecule has 3 N–H and O–H groups in total. The van der Waals surface area contributed by atoms with Gasteiger partial charge in [-0.05, 0) is 49.6 Å². The molecule has 4 rings (SSSR count). The molecule has 1 aromatic heterocycles. The van der Waals surface area contributed by atoms with Gasteiger partial charge in [0.1, 0.15) is 11.6 Å². The Morgan fingerprint density at radius 1 is 1.16 bits per heavy atom. The van der Waals surface area contributed by atoms with Crippen LogP contribution >= 0.6 is 0 Å². The third-order valence-electron chi connectivity index (χ3n) is 4.73. The third-order valence-corrected chi connectivity index (χ3v) is 4.73. The molecule has 1 aliphatic heterocycles. The number of benzene rings is 2. The summed E-state index contributed by atoms with van der Waals surface area (Å²) in [6.45, 7) is 3.78. The van der Waals surface area contributed by atoms with E-state index in [-0.39, 0.29) is 11.8 Å². The van der Waals surface area contributed by atoms with Crippen molar-refractivity contribution in [1.29, 1.82) is 0 Å². The lowest BCUT2D eigenvalue weighted by molar-refractivity contribution is 0.477. The highest BCUT2D eigenvalue weighted by molar-refractivity contribution is 5.92. The molecule has 0 bridgehead atoms. The second kappa shape index (κ2) is 6.33. The fourth-order valence-electron chi connectivity index (χ4n) is 3.45. The zero-order valence-corrected chi connectivity index (χ0v) is 14.3. The van der Waals surface area contributed by atoms with Crippen LogP contribution < -0.4 is 10.6 Å². The molecule has 0 radical (unpaired) electrons. The second-order valence-corrected chi connectivity index (χ2v) is 6.76. The van der Waals surface area contributed by atoms with Crippen molar-refractivity contribution in [3.8, 4) is 17.1 Å². The molecule has 5 nitrogen and oxygen atoms in total. The molecule has 0 spiro atoms. The highest BCUT2D eigenvalue weighted by Crippen LogP contribution is 2.32. The normalized spacial score (nSPS) is 17.8. The highest BCUT2D eigenvalue weighted by Gasteiger charge is 2.21. The lowest BCUT2D eigenvalue weighted by Gasteiger charge is -2.32. The predicted molar refractivity (Wildman–Crippen MR) is 101 cm³/mol. The van der Waals surface area contributed by atoms with Gasteiger partial charge in [-0.3, -0.25) is 0 Å². The maximum Gasteiger partial charge on any atom is 0.165 e. The van der Waals surface area contributed by atoms with Crippen LogP contribution in [0.5, 0.6) is 5.75 Å². The summed E-state index contributed by atoms with van der Waals surface area (Å²) in [5.74, 6) is 1.64. The van der Waals surface area contributed by atoms with E-state index >= 15 is 0 Å². The Balaban J connectivity index is 1.92. The van der Waals surface area contributed by atoms with Gasteiger partial charge in [-0.15, -0.1) is 0 Å². The molecule has 3 aromatic rings. The molecule has 128 valence electrons. The summed E-state index contributed by atoms with van der Waals surface area (Å²) in [5.41, 5.74) is 8.87. The molecule has 5 heteroatoms. The van der Waals surface area contributed by atoms with Crippen LogP contribution in [0, 0.1) is 6.92 Å². The molecule has 1 saturated heterocycles. The van der Waals surface area contributed by atoms with E-state index in [1.54, 1.807) is 12.1 Å². The SMILES string of the molecule is Cc1ccc2c(N3CCCC(N)C3)nc(-c3ccccc3O)nc2c1. The number of nitrogens with zero attached hydrogens (tertiary/aromatic N) is 3. The number of phenols is 1. The quantitative estimate of drug-likeness (QED) is 0.752. The summed E-state index contributed by atoms with van der Waals surface area (Å²) in [5, 5.41) is 11.2. The number of phenolic OH excluding ortho intramolecular Hbond substituents is 1. The Morgan fingerprint density at radius 3 is 2.80 bits per heavy atom. The van der Waals surface area contributed by atoms with Crippen LogP contribution in [0.15, 0.2) is 42.5 Å². The Bertz CT molecular complexity index is 925. The summed E-state index contributed by atoms with van der Waals surface area (Å²) in [6.07, 6.45) is 2.11. The molecular formula is C20H22N4O. The molecule has 1 fully saturated rings. The maximum absolute atomic E-state index is 10.2. The van der Waals surface area contributed by atoms with E-state index in [2.05, 4.69) is 30.0 Å². The van der Waals surface area contributed by atoms with E-state index in [9.17, 15) is 5.11 Å². The molecule has 2 heterocycles. The fraction of sp³-hybridized carbons (Fsp3) is 0.300. The molecule has 1 atom stereocenters. The molecule has 25 heavy (non-hydrogen) atoms. The van der Waals surface area contributed by atoms with Crippen LogP contribution in [0.25, 0.3) is 22.3 Å². The third kappa shape index (κ3) is 3.03. The molecule has 0 aliphatic carbocycles. The largest absolute Gasteiger partial charge is 0.507 e. The molecule has 0 amide bonds. The number of nitrogens with two attached hydrogens (primary N) is 1. The first kappa shape index (κ1) is 15.8. The van der Waals surface area contributed by atoms with Gasteiger partial charge < -0.3 is 15.7 Å².